The van der Waals surface area contributed by atoms with Gasteiger partial charge >= 0.3 is 6.03 Å². The van der Waals surface area contributed by atoms with Gasteiger partial charge in [-0.1, -0.05) is 30.3 Å². The molecule has 1 aromatic carbocycles. The fourth-order valence-corrected chi connectivity index (χ4v) is 2.48. The lowest BCUT2D eigenvalue weighted by Crippen LogP contribution is -2.49. The summed E-state index contributed by atoms with van der Waals surface area (Å²) >= 11 is 0. The van der Waals surface area contributed by atoms with Gasteiger partial charge in [-0.3, -0.25) is 9.69 Å². The van der Waals surface area contributed by atoms with E-state index in [-0.39, 0.29) is 17.9 Å². The van der Waals surface area contributed by atoms with Crippen LogP contribution < -0.4 is 0 Å². The normalized spacial score (nSPS) is 20.0. The number of amides is 2. The molecule has 0 saturated heterocycles. The topological polar surface area (TPSA) is 40.6 Å². The molecule has 0 N–H and O–H groups in total. The number of carbonyl (C=O) groups is 2. The lowest BCUT2D eigenvalue weighted by molar-refractivity contribution is -0.114. The molecule has 0 aliphatic carbocycles. The predicted molar refractivity (Wildman–Crippen MR) is 74.4 cm³/mol. The van der Waals surface area contributed by atoms with Crippen LogP contribution in [-0.4, -0.2) is 41.8 Å². The molecule has 1 atom stereocenters. The van der Waals surface area contributed by atoms with Crippen molar-refractivity contribution in [1.29, 1.82) is 0 Å². The summed E-state index contributed by atoms with van der Waals surface area (Å²) in [4.78, 5) is 27.3. The van der Waals surface area contributed by atoms with Gasteiger partial charge < -0.3 is 4.90 Å². The lowest BCUT2D eigenvalue weighted by atomic mass is 9.94. The number of likely N-dealkylation sites (N-methyl/N-ethyl adjacent to an activating group) is 1. The Kier molecular flexibility index (Phi) is 3.42. The van der Waals surface area contributed by atoms with Crippen molar-refractivity contribution >= 4 is 17.5 Å². The monoisotopic (exact) mass is 258 g/mol. The first kappa shape index (κ1) is 13.3. The van der Waals surface area contributed by atoms with Gasteiger partial charge in [-0.2, -0.15) is 0 Å². The molecular weight excluding hydrogens is 240 g/mol. The van der Waals surface area contributed by atoms with Crippen LogP contribution in [0.3, 0.4) is 0 Å². The molecule has 0 saturated carbocycles. The van der Waals surface area contributed by atoms with Crippen molar-refractivity contribution in [2.75, 3.05) is 14.1 Å². The molecular formula is C15H18N2O2. The molecule has 0 spiro atoms. The van der Waals surface area contributed by atoms with Crippen molar-refractivity contribution < 1.29 is 9.59 Å². The molecule has 0 bridgehead atoms. The van der Waals surface area contributed by atoms with E-state index in [0.717, 1.165) is 5.56 Å². The minimum Gasteiger partial charge on any atom is -0.320 e. The number of hydrogen-bond donors (Lipinski definition) is 0. The fourth-order valence-electron chi connectivity index (χ4n) is 2.48. The number of Topliss-reactive ketones (excluding diaryl/α,β-unsaturated/α-hetero) is 1. The molecule has 1 aliphatic heterocycles. The summed E-state index contributed by atoms with van der Waals surface area (Å²) in [6.45, 7) is 3.43. The minimum atomic E-state index is -0.212. The minimum absolute atomic E-state index is 0.00227. The molecule has 0 aromatic heterocycles. The molecule has 4 nitrogen and oxygen atoms in total. The van der Waals surface area contributed by atoms with Gasteiger partial charge in [0.1, 0.15) is 0 Å². The van der Waals surface area contributed by atoms with Crippen LogP contribution in [-0.2, 0) is 4.79 Å². The zero-order valence-corrected chi connectivity index (χ0v) is 11.7. The van der Waals surface area contributed by atoms with Crippen LogP contribution in [0.2, 0.25) is 0 Å². The van der Waals surface area contributed by atoms with Crippen LogP contribution in [0, 0.1) is 0 Å². The molecule has 0 fully saturated rings. The molecule has 1 aromatic rings. The highest BCUT2D eigenvalue weighted by molar-refractivity contribution is 6.06. The van der Waals surface area contributed by atoms with Crippen molar-refractivity contribution in [2.24, 2.45) is 0 Å². The van der Waals surface area contributed by atoms with E-state index in [1.54, 1.807) is 30.8 Å². The largest absolute Gasteiger partial charge is 0.324 e. The Bertz CT molecular complexity index is 549. The number of carbonyl (C=O) groups excluding carboxylic acids is 2. The summed E-state index contributed by atoms with van der Waals surface area (Å²) in [6, 6.07) is 9.24. The molecule has 19 heavy (non-hydrogen) atoms. The molecule has 2 rings (SSSR count). The standard InChI is InChI=1S/C15H18N2O2/c1-10-13(11(2)18)14(12-8-6-5-7-9-12)17(4)15(19)16(10)3/h5-10H,1-4H3. The second-order valence-electron chi connectivity index (χ2n) is 4.81. The van der Waals surface area contributed by atoms with Crippen molar-refractivity contribution in [1.82, 2.24) is 9.80 Å². The van der Waals surface area contributed by atoms with Gasteiger partial charge in [-0.25, -0.2) is 4.79 Å². The third-order valence-electron chi connectivity index (χ3n) is 3.60. The van der Waals surface area contributed by atoms with E-state index in [0.29, 0.717) is 11.3 Å². The third kappa shape index (κ3) is 2.14. The van der Waals surface area contributed by atoms with Crippen molar-refractivity contribution in [3.05, 3.63) is 41.5 Å². The molecule has 1 heterocycles. The summed E-state index contributed by atoms with van der Waals surface area (Å²) in [5.41, 5.74) is 2.28. The molecule has 4 heteroatoms. The maximum atomic E-state index is 12.2. The molecule has 2 amide bonds. The number of nitrogens with zero attached hydrogens (tertiary/aromatic N) is 2. The summed E-state index contributed by atoms with van der Waals surface area (Å²) in [5.74, 6) is -0.00227. The smallest absolute Gasteiger partial charge is 0.320 e. The average Bonchev–Trinajstić information content (AvgIpc) is 2.40. The summed E-state index contributed by atoms with van der Waals surface area (Å²) < 4.78 is 0. The molecule has 0 radical (unpaired) electrons. The first-order valence-electron chi connectivity index (χ1n) is 6.26. The maximum Gasteiger partial charge on any atom is 0.324 e. The van der Waals surface area contributed by atoms with Crippen LogP contribution in [0.15, 0.2) is 35.9 Å². The molecule has 1 unspecified atom stereocenters. The Morgan fingerprint density at radius 2 is 1.74 bits per heavy atom. The van der Waals surface area contributed by atoms with E-state index in [4.69, 9.17) is 0 Å². The van der Waals surface area contributed by atoms with E-state index >= 15 is 0 Å². The zero-order chi connectivity index (χ0) is 14.2. The second kappa shape index (κ2) is 4.88. The van der Waals surface area contributed by atoms with Crippen molar-refractivity contribution in [3.8, 4) is 0 Å². The Hall–Kier alpha value is -2.10. The number of hydrogen-bond acceptors (Lipinski definition) is 2. The van der Waals surface area contributed by atoms with Crippen molar-refractivity contribution in [2.45, 2.75) is 19.9 Å². The molecule has 1 aliphatic rings. The first-order valence-corrected chi connectivity index (χ1v) is 6.26. The van der Waals surface area contributed by atoms with E-state index in [1.807, 2.05) is 37.3 Å². The van der Waals surface area contributed by atoms with Gasteiger partial charge in [0.2, 0.25) is 0 Å². The van der Waals surface area contributed by atoms with E-state index in [2.05, 4.69) is 0 Å². The summed E-state index contributed by atoms with van der Waals surface area (Å²) in [6.07, 6.45) is 0. The number of benzene rings is 1. The van der Waals surface area contributed by atoms with Gasteiger partial charge in [0.15, 0.2) is 5.78 Å². The zero-order valence-electron chi connectivity index (χ0n) is 11.7. The van der Waals surface area contributed by atoms with Gasteiger partial charge in [0.05, 0.1) is 11.7 Å². The van der Waals surface area contributed by atoms with Gasteiger partial charge in [0.25, 0.3) is 0 Å². The SMILES string of the molecule is CC(=O)C1=C(c2ccccc2)N(C)C(=O)N(C)C1C. The van der Waals surface area contributed by atoms with Crippen LogP contribution in [0.1, 0.15) is 19.4 Å². The van der Waals surface area contributed by atoms with Crippen LogP contribution in [0.4, 0.5) is 4.79 Å². The number of rotatable bonds is 2. The molecule has 100 valence electrons. The highest BCUT2D eigenvalue weighted by Gasteiger charge is 2.35. The predicted octanol–water partition coefficient (Wildman–Crippen LogP) is 2.37. The Labute approximate surface area is 113 Å². The van der Waals surface area contributed by atoms with Crippen LogP contribution in [0.5, 0.6) is 0 Å². The average molecular weight is 258 g/mol. The fraction of sp³-hybridized carbons (Fsp3) is 0.333. The lowest BCUT2D eigenvalue weighted by Gasteiger charge is -2.39. The quantitative estimate of drug-likeness (QED) is 0.817. The van der Waals surface area contributed by atoms with Crippen LogP contribution in [0.25, 0.3) is 5.70 Å². The Balaban J connectivity index is 2.68. The number of ketones is 1. The highest BCUT2D eigenvalue weighted by Crippen LogP contribution is 2.31. The Morgan fingerprint density at radius 1 is 1.16 bits per heavy atom. The first-order chi connectivity index (χ1) is 8.95. The summed E-state index contributed by atoms with van der Waals surface area (Å²) in [7, 11) is 3.42. The number of urea groups is 1. The van der Waals surface area contributed by atoms with E-state index < -0.39 is 0 Å². The van der Waals surface area contributed by atoms with Gasteiger partial charge in [0, 0.05) is 19.7 Å². The maximum absolute atomic E-state index is 12.2. The summed E-state index contributed by atoms with van der Waals surface area (Å²) in [5, 5.41) is 0. The third-order valence-corrected chi connectivity index (χ3v) is 3.60. The van der Waals surface area contributed by atoms with Gasteiger partial charge in [-0.15, -0.1) is 0 Å². The second-order valence-corrected chi connectivity index (χ2v) is 4.81. The van der Waals surface area contributed by atoms with Crippen molar-refractivity contribution in [3.63, 3.8) is 0 Å². The van der Waals surface area contributed by atoms with E-state index in [9.17, 15) is 9.59 Å². The Morgan fingerprint density at radius 3 is 2.26 bits per heavy atom. The van der Waals surface area contributed by atoms with Crippen LogP contribution >= 0.6 is 0 Å². The van der Waals surface area contributed by atoms with E-state index in [1.165, 1.54) is 0 Å². The highest BCUT2D eigenvalue weighted by atomic mass is 16.2. The van der Waals surface area contributed by atoms with Gasteiger partial charge in [-0.05, 0) is 19.4 Å².